The number of amides is 1. The Labute approximate surface area is 206 Å². The summed E-state index contributed by atoms with van der Waals surface area (Å²) in [5.74, 6) is -0.0769. The van der Waals surface area contributed by atoms with Crippen LogP contribution in [0.3, 0.4) is 0 Å². The van der Waals surface area contributed by atoms with Gasteiger partial charge in [0.1, 0.15) is 0 Å². The number of benzene rings is 3. The van der Waals surface area contributed by atoms with Crippen molar-refractivity contribution < 1.29 is 4.79 Å². The molecule has 1 aromatic heterocycles. The minimum Gasteiger partial charge on any atom is -0.314 e. The number of nitrogens with one attached hydrogen (secondary N) is 1. The third-order valence-corrected chi connectivity index (χ3v) is 6.12. The molecule has 0 unspecified atom stereocenters. The maximum Gasteiger partial charge on any atom is 0.250 e. The first kappa shape index (κ1) is 23.1. The second-order valence-electron chi connectivity index (χ2n) is 7.12. The van der Waals surface area contributed by atoms with Gasteiger partial charge in [0.15, 0.2) is 5.16 Å². The van der Waals surface area contributed by atoms with Crippen LogP contribution in [0.5, 0.6) is 0 Å². The van der Waals surface area contributed by atoms with Crippen LogP contribution in [0.1, 0.15) is 11.1 Å². The van der Waals surface area contributed by atoms with Gasteiger partial charge in [-0.15, -0.1) is 0 Å². The van der Waals surface area contributed by atoms with Crippen LogP contribution in [-0.2, 0) is 11.3 Å². The lowest BCUT2D eigenvalue weighted by Crippen LogP contribution is -2.20. The number of nitrogens with zero attached hydrogens (tertiary/aromatic N) is 3. The molecule has 0 atom stereocenters. The highest BCUT2D eigenvalue weighted by molar-refractivity contribution is 7.99. The highest BCUT2D eigenvalue weighted by Crippen LogP contribution is 2.25. The minimum absolute atomic E-state index is 0.168. The summed E-state index contributed by atoms with van der Waals surface area (Å²) in [5, 5.41) is 5.81. The summed E-state index contributed by atoms with van der Waals surface area (Å²) in [6.07, 6.45) is 3.18. The van der Waals surface area contributed by atoms with Gasteiger partial charge in [0.25, 0.3) is 5.91 Å². The Hall–Kier alpha value is -3.06. The Kier molecular flexibility index (Phi) is 7.83. The van der Waals surface area contributed by atoms with Crippen molar-refractivity contribution in [2.45, 2.75) is 11.7 Å². The predicted molar refractivity (Wildman–Crippen MR) is 138 cm³/mol. The molecule has 0 radical (unpaired) electrons. The van der Waals surface area contributed by atoms with Crippen molar-refractivity contribution >= 4 is 64.2 Å². The zero-order valence-electron chi connectivity index (χ0n) is 17.5. The third kappa shape index (κ3) is 6.48. The average Bonchev–Trinajstić information content (AvgIpc) is 3.17. The van der Waals surface area contributed by atoms with Gasteiger partial charge < -0.3 is 4.57 Å². The quantitative estimate of drug-likeness (QED) is 0.180. The predicted octanol–water partition coefficient (Wildman–Crippen LogP) is 6.21. The van der Waals surface area contributed by atoms with E-state index in [1.54, 1.807) is 6.08 Å². The lowest BCUT2D eigenvalue weighted by atomic mass is 10.2. The number of hydrogen-bond donors (Lipinski definition) is 1. The van der Waals surface area contributed by atoms with Crippen LogP contribution in [0.4, 0.5) is 0 Å². The molecule has 0 saturated heterocycles. The minimum atomic E-state index is -0.245. The van der Waals surface area contributed by atoms with Crippen LogP contribution in [-0.4, -0.2) is 27.4 Å². The first-order valence-electron chi connectivity index (χ1n) is 10.1. The van der Waals surface area contributed by atoms with Crippen molar-refractivity contribution in [3.63, 3.8) is 0 Å². The maximum absolute atomic E-state index is 12.3. The summed E-state index contributed by atoms with van der Waals surface area (Å²) in [7, 11) is 0. The van der Waals surface area contributed by atoms with E-state index in [9.17, 15) is 4.79 Å². The summed E-state index contributed by atoms with van der Waals surface area (Å²) in [5.41, 5.74) is 6.45. The molecule has 1 heterocycles. The van der Waals surface area contributed by atoms with E-state index in [1.165, 1.54) is 18.0 Å². The Morgan fingerprint density at radius 1 is 1.03 bits per heavy atom. The van der Waals surface area contributed by atoms with Gasteiger partial charge in [0.2, 0.25) is 0 Å². The summed E-state index contributed by atoms with van der Waals surface area (Å²) < 4.78 is 2.10. The SMILES string of the molecule is O=C(CSc1nc2ccccc2n1Cc1ccc(Cl)cc1)N/N=C/C(Cl)=C/c1ccccc1. The molecule has 8 heteroatoms. The number of aromatic nitrogens is 2. The molecule has 4 aromatic rings. The normalized spacial score (nSPS) is 11.9. The van der Waals surface area contributed by atoms with Gasteiger partial charge in [0, 0.05) is 5.02 Å². The van der Waals surface area contributed by atoms with Crippen molar-refractivity contribution in [1.82, 2.24) is 15.0 Å². The highest BCUT2D eigenvalue weighted by atomic mass is 35.5. The van der Waals surface area contributed by atoms with Gasteiger partial charge in [-0.1, -0.05) is 89.6 Å². The number of thioether (sulfide) groups is 1. The van der Waals surface area contributed by atoms with Gasteiger partial charge >= 0.3 is 0 Å². The van der Waals surface area contributed by atoms with E-state index >= 15 is 0 Å². The van der Waals surface area contributed by atoms with Gasteiger partial charge in [-0.25, -0.2) is 10.4 Å². The number of rotatable bonds is 8. The third-order valence-electron chi connectivity index (χ3n) is 4.69. The van der Waals surface area contributed by atoms with E-state index in [1.807, 2.05) is 78.9 Å². The number of para-hydroxylation sites is 2. The molecule has 0 bridgehead atoms. The van der Waals surface area contributed by atoms with Crippen LogP contribution in [0.15, 0.2) is 94.2 Å². The molecule has 4 rings (SSSR count). The molecule has 0 aliphatic heterocycles. The summed E-state index contributed by atoms with van der Waals surface area (Å²) in [6.45, 7) is 0.625. The standard InChI is InChI=1S/C25H20Cl2N4OS/c26-20-12-10-19(11-13-20)16-31-23-9-5-4-8-22(23)29-25(31)33-17-24(32)30-28-15-21(27)14-18-6-2-1-3-7-18/h1-15H,16-17H2,(H,30,32)/b21-14-,28-15+. The summed E-state index contributed by atoms with van der Waals surface area (Å²) in [4.78, 5) is 17.0. The van der Waals surface area contributed by atoms with Crippen LogP contribution >= 0.6 is 35.0 Å². The molecule has 0 fully saturated rings. The zero-order chi connectivity index (χ0) is 23.0. The lowest BCUT2D eigenvalue weighted by molar-refractivity contribution is -0.118. The second kappa shape index (κ2) is 11.2. The molecule has 0 aliphatic rings. The summed E-state index contributed by atoms with van der Waals surface area (Å²) in [6, 6.07) is 25.3. The molecular weight excluding hydrogens is 475 g/mol. The second-order valence-corrected chi connectivity index (χ2v) is 8.93. The van der Waals surface area contributed by atoms with E-state index in [2.05, 4.69) is 15.1 Å². The molecule has 5 nitrogen and oxygen atoms in total. The molecule has 1 N–H and O–H groups in total. The number of halogens is 2. The lowest BCUT2D eigenvalue weighted by Gasteiger charge is -2.09. The highest BCUT2D eigenvalue weighted by Gasteiger charge is 2.13. The molecule has 1 amide bonds. The van der Waals surface area contributed by atoms with E-state index in [4.69, 9.17) is 28.2 Å². The van der Waals surface area contributed by atoms with E-state index in [-0.39, 0.29) is 11.7 Å². The smallest absolute Gasteiger partial charge is 0.250 e. The van der Waals surface area contributed by atoms with Crippen LogP contribution in [0.25, 0.3) is 17.1 Å². The first-order chi connectivity index (χ1) is 16.1. The number of carbonyl (C=O) groups is 1. The van der Waals surface area contributed by atoms with Crippen molar-refractivity contribution in [2.24, 2.45) is 5.10 Å². The fourth-order valence-electron chi connectivity index (χ4n) is 3.16. The Bertz CT molecular complexity index is 1300. The summed E-state index contributed by atoms with van der Waals surface area (Å²) >= 11 is 13.5. The van der Waals surface area contributed by atoms with Crippen molar-refractivity contribution in [3.8, 4) is 0 Å². The topological polar surface area (TPSA) is 59.3 Å². The van der Waals surface area contributed by atoms with Crippen molar-refractivity contribution in [1.29, 1.82) is 0 Å². The Morgan fingerprint density at radius 2 is 1.76 bits per heavy atom. The van der Waals surface area contributed by atoms with Gasteiger partial charge in [-0.2, -0.15) is 5.10 Å². The number of hydrogen-bond acceptors (Lipinski definition) is 4. The van der Waals surface area contributed by atoms with Gasteiger partial charge in [-0.3, -0.25) is 4.79 Å². The fourth-order valence-corrected chi connectivity index (χ4v) is 4.27. The van der Waals surface area contributed by atoms with Crippen molar-refractivity contribution in [2.75, 3.05) is 5.75 Å². The molecule has 33 heavy (non-hydrogen) atoms. The molecular formula is C25H20Cl2N4OS. The van der Waals surface area contributed by atoms with Crippen LogP contribution in [0, 0.1) is 0 Å². The van der Waals surface area contributed by atoms with Gasteiger partial charge in [-0.05, 0) is 41.5 Å². The monoisotopic (exact) mass is 494 g/mol. The maximum atomic E-state index is 12.3. The number of fused-ring (bicyclic) bond motifs is 1. The largest absolute Gasteiger partial charge is 0.314 e. The van der Waals surface area contributed by atoms with E-state index in [0.717, 1.165) is 27.3 Å². The van der Waals surface area contributed by atoms with Crippen molar-refractivity contribution in [3.05, 3.63) is 100 Å². The number of hydrazone groups is 1. The fraction of sp³-hybridized carbons (Fsp3) is 0.0800. The van der Waals surface area contributed by atoms with Crippen LogP contribution < -0.4 is 5.43 Å². The molecule has 0 saturated carbocycles. The number of carbonyl (C=O) groups excluding carboxylic acids is 1. The van der Waals surface area contributed by atoms with E-state index in [0.29, 0.717) is 16.6 Å². The first-order valence-corrected chi connectivity index (χ1v) is 11.9. The molecule has 0 spiro atoms. The Balaban J connectivity index is 1.40. The average molecular weight is 495 g/mol. The van der Waals surface area contributed by atoms with Gasteiger partial charge in [0.05, 0.1) is 34.6 Å². The molecule has 166 valence electrons. The number of allylic oxidation sites excluding steroid dienone is 1. The molecule has 3 aromatic carbocycles. The Morgan fingerprint density at radius 3 is 2.55 bits per heavy atom. The number of imidazole rings is 1. The zero-order valence-corrected chi connectivity index (χ0v) is 19.8. The molecule has 0 aliphatic carbocycles. The van der Waals surface area contributed by atoms with E-state index < -0.39 is 0 Å². The van der Waals surface area contributed by atoms with Crippen LogP contribution in [0.2, 0.25) is 5.02 Å².